The molecule has 0 bridgehead atoms. The SMILES string of the molecule is Cc1noc(COc2ccc(C(C)O)cc2C)n1. The van der Waals surface area contributed by atoms with E-state index in [-0.39, 0.29) is 6.61 Å². The quantitative estimate of drug-likeness (QED) is 0.899. The van der Waals surface area contributed by atoms with E-state index in [1.165, 1.54) is 0 Å². The minimum Gasteiger partial charge on any atom is -0.483 e. The lowest BCUT2D eigenvalue weighted by Crippen LogP contribution is -1.99. The maximum absolute atomic E-state index is 9.48. The highest BCUT2D eigenvalue weighted by Crippen LogP contribution is 2.23. The largest absolute Gasteiger partial charge is 0.483 e. The smallest absolute Gasteiger partial charge is 0.264 e. The zero-order valence-electron chi connectivity index (χ0n) is 10.7. The van der Waals surface area contributed by atoms with Crippen molar-refractivity contribution in [1.82, 2.24) is 10.1 Å². The Hall–Kier alpha value is -1.88. The fraction of sp³-hybridized carbons (Fsp3) is 0.385. The van der Waals surface area contributed by atoms with Crippen LogP contribution in [0.1, 0.15) is 35.9 Å². The van der Waals surface area contributed by atoms with E-state index in [2.05, 4.69) is 10.1 Å². The van der Waals surface area contributed by atoms with Gasteiger partial charge in [-0.25, -0.2) is 0 Å². The summed E-state index contributed by atoms with van der Waals surface area (Å²) in [5, 5.41) is 13.2. The van der Waals surface area contributed by atoms with Gasteiger partial charge in [0.2, 0.25) is 0 Å². The number of aryl methyl sites for hydroxylation is 2. The number of rotatable bonds is 4. The molecule has 0 saturated carbocycles. The normalized spacial score (nSPS) is 12.4. The number of benzene rings is 1. The topological polar surface area (TPSA) is 68.4 Å². The van der Waals surface area contributed by atoms with Crippen LogP contribution in [-0.2, 0) is 6.61 Å². The van der Waals surface area contributed by atoms with Crippen LogP contribution in [0.4, 0.5) is 0 Å². The summed E-state index contributed by atoms with van der Waals surface area (Å²) in [6.07, 6.45) is -0.476. The van der Waals surface area contributed by atoms with Gasteiger partial charge in [-0.15, -0.1) is 0 Å². The number of hydrogen-bond donors (Lipinski definition) is 1. The molecule has 1 heterocycles. The van der Waals surface area contributed by atoms with Crippen LogP contribution in [0.15, 0.2) is 22.7 Å². The molecule has 0 aliphatic heterocycles. The van der Waals surface area contributed by atoms with E-state index in [9.17, 15) is 5.11 Å². The van der Waals surface area contributed by atoms with Gasteiger partial charge in [0.05, 0.1) is 6.10 Å². The second-order valence-electron chi connectivity index (χ2n) is 4.22. The molecule has 0 fully saturated rings. The Balaban J connectivity index is 2.05. The molecule has 0 spiro atoms. The standard InChI is InChI=1S/C13H16N2O3/c1-8-6-11(9(2)16)4-5-12(8)17-7-13-14-10(3)15-18-13/h4-6,9,16H,7H2,1-3H3. The number of hydrogen-bond acceptors (Lipinski definition) is 5. The van der Waals surface area contributed by atoms with Crippen molar-refractivity contribution in [2.45, 2.75) is 33.5 Å². The van der Waals surface area contributed by atoms with Gasteiger partial charge in [0.1, 0.15) is 5.75 Å². The molecule has 96 valence electrons. The molecule has 0 aliphatic rings. The molecule has 5 heteroatoms. The van der Waals surface area contributed by atoms with Crippen LogP contribution < -0.4 is 4.74 Å². The summed E-state index contributed by atoms with van der Waals surface area (Å²) in [5.41, 5.74) is 1.83. The highest BCUT2D eigenvalue weighted by Gasteiger charge is 2.07. The predicted octanol–water partition coefficient (Wildman–Crippen LogP) is 2.32. The maximum atomic E-state index is 9.48. The number of aliphatic hydroxyl groups is 1. The van der Waals surface area contributed by atoms with Gasteiger partial charge in [0.25, 0.3) is 5.89 Å². The minimum absolute atomic E-state index is 0.246. The van der Waals surface area contributed by atoms with E-state index in [0.29, 0.717) is 11.7 Å². The maximum Gasteiger partial charge on any atom is 0.264 e. The first-order chi connectivity index (χ1) is 8.56. The number of nitrogens with zero attached hydrogens (tertiary/aromatic N) is 2. The predicted molar refractivity (Wildman–Crippen MR) is 65.2 cm³/mol. The summed E-state index contributed by atoms with van der Waals surface area (Å²) in [6.45, 7) is 5.67. The first-order valence-electron chi connectivity index (χ1n) is 5.77. The third-order valence-electron chi connectivity index (χ3n) is 2.60. The fourth-order valence-corrected chi connectivity index (χ4v) is 1.63. The van der Waals surface area contributed by atoms with E-state index < -0.39 is 6.10 Å². The van der Waals surface area contributed by atoms with E-state index in [4.69, 9.17) is 9.26 Å². The average molecular weight is 248 g/mol. The lowest BCUT2D eigenvalue weighted by Gasteiger charge is -2.10. The van der Waals surface area contributed by atoms with Gasteiger partial charge in [-0.2, -0.15) is 4.98 Å². The summed E-state index contributed by atoms with van der Waals surface area (Å²) >= 11 is 0. The summed E-state index contributed by atoms with van der Waals surface area (Å²) in [5.74, 6) is 1.79. The van der Waals surface area contributed by atoms with Gasteiger partial charge in [-0.05, 0) is 44.0 Å². The second kappa shape index (κ2) is 5.18. The molecule has 0 aliphatic carbocycles. The van der Waals surface area contributed by atoms with Gasteiger partial charge in [0.15, 0.2) is 12.4 Å². The lowest BCUT2D eigenvalue weighted by atomic mass is 10.1. The highest BCUT2D eigenvalue weighted by atomic mass is 16.5. The first kappa shape index (κ1) is 12.6. The molecule has 5 nitrogen and oxygen atoms in total. The lowest BCUT2D eigenvalue weighted by molar-refractivity contribution is 0.198. The first-order valence-corrected chi connectivity index (χ1v) is 5.77. The molecule has 0 saturated heterocycles. The molecule has 2 aromatic rings. The Kier molecular flexibility index (Phi) is 3.62. The molecule has 0 amide bonds. The Bertz CT molecular complexity index is 535. The number of aromatic nitrogens is 2. The van der Waals surface area contributed by atoms with E-state index in [1.807, 2.05) is 25.1 Å². The molecule has 1 atom stereocenters. The van der Waals surface area contributed by atoms with Crippen LogP contribution in [0, 0.1) is 13.8 Å². The molecule has 18 heavy (non-hydrogen) atoms. The van der Waals surface area contributed by atoms with Gasteiger partial charge in [-0.3, -0.25) is 0 Å². The van der Waals surface area contributed by atoms with Crippen molar-refractivity contribution < 1.29 is 14.4 Å². The van der Waals surface area contributed by atoms with Crippen molar-refractivity contribution >= 4 is 0 Å². The Labute approximate surface area is 105 Å². The highest BCUT2D eigenvalue weighted by molar-refractivity contribution is 5.36. The van der Waals surface area contributed by atoms with Crippen molar-refractivity contribution in [1.29, 1.82) is 0 Å². The van der Waals surface area contributed by atoms with Crippen molar-refractivity contribution in [3.63, 3.8) is 0 Å². The third kappa shape index (κ3) is 2.87. The second-order valence-corrected chi connectivity index (χ2v) is 4.22. The van der Waals surface area contributed by atoms with Crippen LogP contribution >= 0.6 is 0 Å². The molecular formula is C13H16N2O3. The van der Waals surface area contributed by atoms with Gasteiger partial charge in [-0.1, -0.05) is 11.2 Å². The summed E-state index contributed by atoms with van der Waals surface area (Å²) < 4.78 is 10.6. The van der Waals surface area contributed by atoms with Crippen molar-refractivity contribution in [3.8, 4) is 5.75 Å². The molecule has 0 radical (unpaired) electrons. The molecule has 1 aromatic carbocycles. The van der Waals surface area contributed by atoms with Crippen LogP contribution in [0.2, 0.25) is 0 Å². The van der Waals surface area contributed by atoms with Gasteiger partial charge in [0, 0.05) is 0 Å². The van der Waals surface area contributed by atoms with E-state index >= 15 is 0 Å². The zero-order chi connectivity index (χ0) is 13.1. The summed E-state index contributed by atoms with van der Waals surface area (Å²) in [4.78, 5) is 4.06. The van der Waals surface area contributed by atoms with Crippen LogP contribution in [0.25, 0.3) is 0 Å². The van der Waals surface area contributed by atoms with E-state index in [1.54, 1.807) is 13.8 Å². The summed E-state index contributed by atoms with van der Waals surface area (Å²) in [6, 6.07) is 5.58. The molecular weight excluding hydrogens is 232 g/mol. The van der Waals surface area contributed by atoms with Crippen molar-refractivity contribution in [3.05, 3.63) is 41.0 Å². The summed E-state index contributed by atoms with van der Waals surface area (Å²) in [7, 11) is 0. The van der Waals surface area contributed by atoms with Crippen molar-refractivity contribution in [2.75, 3.05) is 0 Å². The van der Waals surface area contributed by atoms with Gasteiger partial charge >= 0.3 is 0 Å². The van der Waals surface area contributed by atoms with Crippen LogP contribution in [0.3, 0.4) is 0 Å². The molecule has 2 rings (SSSR count). The number of aliphatic hydroxyl groups excluding tert-OH is 1. The number of ether oxygens (including phenoxy) is 1. The molecule has 1 N–H and O–H groups in total. The molecule has 1 aromatic heterocycles. The van der Waals surface area contributed by atoms with E-state index in [0.717, 1.165) is 16.9 Å². The Morgan fingerprint density at radius 2 is 2.17 bits per heavy atom. The average Bonchev–Trinajstić information content (AvgIpc) is 2.73. The molecule has 1 unspecified atom stereocenters. The third-order valence-corrected chi connectivity index (χ3v) is 2.60. The Morgan fingerprint density at radius 3 is 2.72 bits per heavy atom. The fourth-order valence-electron chi connectivity index (χ4n) is 1.63. The van der Waals surface area contributed by atoms with Gasteiger partial charge < -0.3 is 14.4 Å². The zero-order valence-corrected chi connectivity index (χ0v) is 10.7. The Morgan fingerprint density at radius 1 is 1.39 bits per heavy atom. The van der Waals surface area contributed by atoms with Crippen LogP contribution in [-0.4, -0.2) is 15.2 Å². The van der Waals surface area contributed by atoms with Crippen molar-refractivity contribution in [2.24, 2.45) is 0 Å². The van der Waals surface area contributed by atoms with Crippen LogP contribution in [0.5, 0.6) is 5.75 Å². The minimum atomic E-state index is -0.476. The monoisotopic (exact) mass is 248 g/mol.